The summed E-state index contributed by atoms with van der Waals surface area (Å²) in [6.45, 7) is 2.39. The molecule has 1 aliphatic rings. The molecule has 2 rings (SSSR count). The Labute approximate surface area is 95.1 Å². The van der Waals surface area contributed by atoms with Crippen molar-refractivity contribution >= 4 is 0 Å². The number of methoxy groups -OCH3 is 1. The predicted molar refractivity (Wildman–Crippen MR) is 59.1 cm³/mol. The van der Waals surface area contributed by atoms with Crippen molar-refractivity contribution in [2.45, 2.75) is 25.5 Å². The van der Waals surface area contributed by atoms with Crippen LogP contribution in [-0.4, -0.2) is 46.3 Å². The van der Waals surface area contributed by atoms with Crippen LogP contribution in [0.2, 0.25) is 0 Å². The van der Waals surface area contributed by atoms with Crippen LogP contribution >= 0.6 is 0 Å². The highest BCUT2D eigenvalue weighted by Gasteiger charge is 2.19. The van der Waals surface area contributed by atoms with Crippen molar-refractivity contribution < 1.29 is 9.84 Å². The van der Waals surface area contributed by atoms with Gasteiger partial charge in [-0.3, -0.25) is 9.88 Å². The van der Waals surface area contributed by atoms with Gasteiger partial charge in [0, 0.05) is 25.5 Å². The summed E-state index contributed by atoms with van der Waals surface area (Å²) < 4.78 is 5.15. The number of β-amino-alcohol motifs (C(OH)–C–C–N with tert-alkyl or cyclic N) is 1. The van der Waals surface area contributed by atoms with Crippen LogP contribution in [0.3, 0.4) is 0 Å². The molecule has 1 aromatic rings. The maximum absolute atomic E-state index is 9.58. The van der Waals surface area contributed by atoms with Crippen LogP contribution in [0.15, 0.2) is 12.4 Å². The van der Waals surface area contributed by atoms with Gasteiger partial charge in [-0.15, -0.1) is 0 Å². The smallest absolute Gasteiger partial charge is 0.236 e. The second-order valence-electron chi connectivity index (χ2n) is 4.04. The summed E-state index contributed by atoms with van der Waals surface area (Å²) in [5.41, 5.74) is 0.833. The monoisotopic (exact) mass is 223 g/mol. The van der Waals surface area contributed by atoms with Crippen molar-refractivity contribution in [3.63, 3.8) is 0 Å². The van der Waals surface area contributed by atoms with E-state index in [1.54, 1.807) is 19.5 Å². The molecule has 1 aromatic heterocycles. The van der Waals surface area contributed by atoms with Gasteiger partial charge in [0.05, 0.1) is 13.2 Å². The third kappa shape index (κ3) is 2.68. The molecular formula is C11H17N3O2. The maximum atomic E-state index is 9.58. The molecule has 5 nitrogen and oxygen atoms in total. The van der Waals surface area contributed by atoms with Gasteiger partial charge in [0.1, 0.15) is 5.69 Å². The van der Waals surface area contributed by atoms with Crippen molar-refractivity contribution in [3.05, 3.63) is 18.1 Å². The molecule has 0 spiro atoms. The van der Waals surface area contributed by atoms with Gasteiger partial charge in [-0.1, -0.05) is 0 Å². The van der Waals surface area contributed by atoms with E-state index in [2.05, 4.69) is 14.9 Å². The number of nitrogens with zero attached hydrogens (tertiary/aromatic N) is 3. The molecule has 0 amide bonds. The molecule has 1 aliphatic heterocycles. The molecular weight excluding hydrogens is 206 g/mol. The van der Waals surface area contributed by atoms with Gasteiger partial charge < -0.3 is 9.84 Å². The third-order valence-electron chi connectivity index (χ3n) is 2.78. The van der Waals surface area contributed by atoms with Crippen LogP contribution in [-0.2, 0) is 6.54 Å². The molecule has 0 radical (unpaired) electrons. The van der Waals surface area contributed by atoms with E-state index in [0.717, 1.165) is 25.1 Å². The maximum Gasteiger partial charge on any atom is 0.236 e. The highest BCUT2D eigenvalue weighted by atomic mass is 16.5. The zero-order chi connectivity index (χ0) is 11.4. The molecule has 1 N–H and O–H groups in total. The molecule has 0 aromatic carbocycles. The van der Waals surface area contributed by atoms with Crippen molar-refractivity contribution in [3.8, 4) is 5.88 Å². The first-order chi connectivity index (χ1) is 7.79. The van der Waals surface area contributed by atoms with Gasteiger partial charge >= 0.3 is 0 Å². The van der Waals surface area contributed by atoms with E-state index in [4.69, 9.17) is 4.74 Å². The lowest BCUT2D eigenvalue weighted by atomic mass is 10.1. The third-order valence-corrected chi connectivity index (χ3v) is 2.78. The van der Waals surface area contributed by atoms with E-state index in [0.29, 0.717) is 19.0 Å². The summed E-state index contributed by atoms with van der Waals surface area (Å²) in [6, 6.07) is 0. The summed E-state index contributed by atoms with van der Waals surface area (Å²) in [4.78, 5) is 10.5. The standard InChI is InChI=1S/C11H17N3O2/c1-16-11-10(12-4-5-13-11)8-14-6-2-3-9(15)7-14/h4-5,9,15H,2-3,6-8H2,1H3/t9-/m1/s1. The zero-order valence-corrected chi connectivity index (χ0v) is 9.46. The van der Waals surface area contributed by atoms with Crippen molar-refractivity contribution in [1.29, 1.82) is 0 Å². The van der Waals surface area contributed by atoms with Crippen molar-refractivity contribution in [2.75, 3.05) is 20.2 Å². The topological polar surface area (TPSA) is 58.5 Å². The average molecular weight is 223 g/mol. The van der Waals surface area contributed by atoms with Gasteiger partial charge in [-0.25, -0.2) is 4.98 Å². The largest absolute Gasteiger partial charge is 0.480 e. The van der Waals surface area contributed by atoms with Crippen LogP contribution < -0.4 is 4.74 Å². The fraction of sp³-hybridized carbons (Fsp3) is 0.636. The Balaban J connectivity index is 2.02. The Morgan fingerprint density at radius 3 is 3.06 bits per heavy atom. The van der Waals surface area contributed by atoms with Crippen LogP contribution in [0.25, 0.3) is 0 Å². The molecule has 1 atom stereocenters. The first-order valence-corrected chi connectivity index (χ1v) is 5.54. The lowest BCUT2D eigenvalue weighted by molar-refractivity contribution is 0.0656. The van der Waals surface area contributed by atoms with Crippen LogP contribution in [0.4, 0.5) is 0 Å². The first kappa shape index (κ1) is 11.3. The molecule has 5 heteroatoms. The van der Waals surface area contributed by atoms with E-state index in [1.165, 1.54) is 0 Å². The molecule has 88 valence electrons. The number of rotatable bonds is 3. The van der Waals surface area contributed by atoms with Crippen LogP contribution in [0.1, 0.15) is 18.5 Å². The minimum Gasteiger partial charge on any atom is -0.480 e. The lowest BCUT2D eigenvalue weighted by Gasteiger charge is -2.29. The van der Waals surface area contributed by atoms with Crippen molar-refractivity contribution in [1.82, 2.24) is 14.9 Å². The molecule has 0 unspecified atom stereocenters. The molecule has 1 saturated heterocycles. The average Bonchev–Trinajstić information content (AvgIpc) is 2.30. The Kier molecular flexibility index (Phi) is 3.69. The highest BCUT2D eigenvalue weighted by molar-refractivity contribution is 5.16. The SMILES string of the molecule is COc1nccnc1CN1CCC[C@@H](O)C1. The second kappa shape index (κ2) is 5.23. The van der Waals surface area contributed by atoms with Crippen molar-refractivity contribution in [2.24, 2.45) is 0 Å². The number of aromatic nitrogens is 2. The molecule has 2 heterocycles. The van der Waals surface area contributed by atoms with Crippen LogP contribution in [0.5, 0.6) is 5.88 Å². The Morgan fingerprint density at radius 2 is 2.31 bits per heavy atom. The number of aliphatic hydroxyl groups excluding tert-OH is 1. The molecule has 16 heavy (non-hydrogen) atoms. The number of hydrogen-bond acceptors (Lipinski definition) is 5. The number of hydrogen-bond donors (Lipinski definition) is 1. The molecule has 1 fully saturated rings. The van der Waals surface area contributed by atoms with E-state index >= 15 is 0 Å². The number of ether oxygens (including phenoxy) is 1. The summed E-state index contributed by atoms with van der Waals surface area (Å²) in [7, 11) is 1.60. The molecule has 0 aliphatic carbocycles. The quantitative estimate of drug-likeness (QED) is 0.806. The fourth-order valence-corrected chi connectivity index (χ4v) is 2.02. The van der Waals surface area contributed by atoms with Gasteiger partial charge in [0.15, 0.2) is 0 Å². The van der Waals surface area contributed by atoms with Crippen LogP contribution in [0, 0.1) is 0 Å². The fourth-order valence-electron chi connectivity index (χ4n) is 2.02. The number of aliphatic hydroxyl groups is 1. The van der Waals surface area contributed by atoms with E-state index in [1.807, 2.05) is 0 Å². The summed E-state index contributed by atoms with van der Waals surface area (Å²) in [5.74, 6) is 0.572. The second-order valence-corrected chi connectivity index (χ2v) is 4.04. The number of piperidine rings is 1. The van der Waals surface area contributed by atoms with E-state index < -0.39 is 0 Å². The van der Waals surface area contributed by atoms with Gasteiger partial charge in [0.25, 0.3) is 0 Å². The highest BCUT2D eigenvalue weighted by Crippen LogP contribution is 2.17. The van der Waals surface area contributed by atoms with E-state index in [9.17, 15) is 5.11 Å². The zero-order valence-electron chi connectivity index (χ0n) is 9.46. The van der Waals surface area contributed by atoms with Gasteiger partial charge in [-0.2, -0.15) is 0 Å². The summed E-state index contributed by atoms with van der Waals surface area (Å²) in [5, 5.41) is 9.58. The first-order valence-electron chi connectivity index (χ1n) is 5.54. The summed E-state index contributed by atoms with van der Waals surface area (Å²) >= 11 is 0. The predicted octanol–water partition coefficient (Wildman–Crippen LogP) is 0.442. The molecule has 0 saturated carbocycles. The summed E-state index contributed by atoms with van der Waals surface area (Å²) in [6.07, 6.45) is 5.00. The van der Waals surface area contributed by atoms with E-state index in [-0.39, 0.29) is 6.10 Å². The number of likely N-dealkylation sites (tertiary alicyclic amines) is 1. The minimum absolute atomic E-state index is 0.212. The van der Waals surface area contributed by atoms with Gasteiger partial charge in [0.2, 0.25) is 5.88 Å². The Bertz CT molecular complexity index is 346. The Morgan fingerprint density at radius 1 is 1.50 bits per heavy atom. The molecule has 0 bridgehead atoms. The lowest BCUT2D eigenvalue weighted by Crippen LogP contribution is -2.37. The normalized spacial score (nSPS) is 22.0. The van der Waals surface area contributed by atoms with Gasteiger partial charge in [-0.05, 0) is 19.4 Å². The Hall–Kier alpha value is -1.20. The minimum atomic E-state index is -0.212.